The molecule has 0 bridgehead atoms. The maximum atomic E-state index is 15.3. The van der Waals surface area contributed by atoms with Crippen molar-refractivity contribution in [1.82, 2.24) is 45.0 Å². The molecule has 0 unspecified atom stereocenters. The minimum atomic E-state index is -2.91. The van der Waals surface area contributed by atoms with E-state index in [0.29, 0.717) is 15.9 Å². The van der Waals surface area contributed by atoms with E-state index < -0.39 is 24.2 Å². The summed E-state index contributed by atoms with van der Waals surface area (Å²) in [5.41, 5.74) is 1.89. The van der Waals surface area contributed by atoms with Crippen molar-refractivity contribution >= 4 is 11.6 Å². The average Bonchev–Trinajstić information content (AvgIpc) is 3.76. The Kier molecular flexibility index (Phi) is 7.08. The van der Waals surface area contributed by atoms with E-state index in [-0.39, 0.29) is 44.4 Å². The van der Waals surface area contributed by atoms with E-state index in [1.165, 1.54) is 70.8 Å². The summed E-state index contributed by atoms with van der Waals surface area (Å²) in [5.74, 6) is -1.20. The number of alkyl halides is 2. The molecular weight excluding hydrogens is 580 g/mol. The van der Waals surface area contributed by atoms with E-state index in [1.54, 1.807) is 18.2 Å². The first-order valence-corrected chi connectivity index (χ1v) is 12.6. The van der Waals surface area contributed by atoms with Gasteiger partial charge in [-0.3, -0.25) is 4.68 Å². The zero-order valence-corrected chi connectivity index (χ0v) is 21.9. The summed E-state index contributed by atoms with van der Waals surface area (Å²) in [6.07, 6.45) is 6.78. The fourth-order valence-electron chi connectivity index (χ4n) is 4.50. The van der Waals surface area contributed by atoms with Gasteiger partial charge in [-0.25, -0.2) is 8.78 Å². The number of halogens is 5. The predicted molar refractivity (Wildman–Crippen MR) is 139 cm³/mol. The first-order valence-electron chi connectivity index (χ1n) is 12.2. The van der Waals surface area contributed by atoms with Crippen LogP contribution in [0.1, 0.15) is 23.8 Å². The molecule has 2 aromatic carbocycles. The van der Waals surface area contributed by atoms with Crippen LogP contribution in [0.15, 0.2) is 79.6 Å². The third-order valence-electron chi connectivity index (χ3n) is 6.49. The van der Waals surface area contributed by atoms with Gasteiger partial charge in [-0.15, -0.1) is 15.0 Å². The summed E-state index contributed by atoms with van der Waals surface area (Å²) in [6.45, 7) is -2.91. The SMILES string of the molecule is [O-][n+]1cc(-c2c(-n3cnnn3)ccc(Cl)c2F)ccc1[C@H](Cc1ccc(F)cc1)n1cc(-c2cnn(C(F)F)n2)cn1. The molecule has 0 radical (unpaired) electrons. The molecule has 4 heterocycles. The van der Waals surface area contributed by atoms with Gasteiger partial charge in [0.2, 0.25) is 5.69 Å². The van der Waals surface area contributed by atoms with Crippen molar-refractivity contribution in [2.75, 3.05) is 0 Å². The first-order chi connectivity index (χ1) is 20.3. The zero-order chi connectivity index (χ0) is 29.4. The third-order valence-corrected chi connectivity index (χ3v) is 6.78. The van der Waals surface area contributed by atoms with Gasteiger partial charge in [0.15, 0.2) is 12.0 Å². The zero-order valence-electron chi connectivity index (χ0n) is 21.1. The highest BCUT2D eigenvalue weighted by Crippen LogP contribution is 2.33. The molecule has 16 heteroatoms. The van der Waals surface area contributed by atoms with E-state index in [9.17, 15) is 18.4 Å². The van der Waals surface area contributed by atoms with Crippen LogP contribution in [0.5, 0.6) is 0 Å². The molecule has 6 rings (SSSR count). The number of nitrogens with zero attached hydrogens (tertiary/aromatic N) is 10. The van der Waals surface area contributed by atoms with Crippen LogP contribution in [0.25, 0.3) is 28.1 Å². The standard InChI is InChI=1S/C26H17ClF4N10O/c27-19-6-8-22(39-14-32-36-37-39)24(25(19)29)16-3-7-21(40(42)13-16)23(9-15-1-4-18(28)5-2-15)38-12-17(10-33-38)20-11-34-41(35-20)26(30)31/h1-8,10-14,23,26H,9H2/t23-/m0/s1. The fourth-order valence-corrected chi connectivity index (χ4v) is 4.65. The maximum absolute atomic E-state index is 15.3. The second-order valence-corrected chi connectivity index (χ2v) is 9.47. The van der Waals surface area contributed by atoms with E-state index in [0.717, 1.165) is 0 Å². The van der Waals surface area contributed by atoms with Gasteiger partial charge in [0, 0.05) is 24.2 Å². The third kappa shape index (κ3) is 5.16. The number of rotatable bonds is 8. The van der Waals surface area contributed by atoms with Gasteiger partial charge in [-0.1, -0.05) is 23.7 Å². The highest BCUT2D eigenvalue weighted by Gasteiger charge is 2.27. The average molecular weight is 597 g/mol. The summed E-state index contributed by atoms with van der Waals surface area (Å²) in [6, 6.07) is 10.9. The fraction of sp³-hybridized carbons (Fsp3) is 0.115. The second-order valence-electron chi connectivity index (χ2n) is 9.06. The molecule has 0 aliphatic rings. The summed E-state index contributed by atoms with van der Waals surface area (Å²) >= 11 is 6.06. The lowest BCUT2D eigenvalue weighted by Crippen LogP contribution is -2.36. The Bertz CT molecular complexity index is 1860. The van der Waals surface area contributed by atoms with Crippen molar-refractivity contribution in [3.05, 3.63) is 113 Å². The van der Waals surface area contributed by atoms with E-state index in [2.05, 4.69) is 30.8 Å². The molecule has 0 aliphatic heterocycles. The predicted octanol–water partition coefficient (Wildman–Crippen LogP) is 4.58. The van der Waals surface area contributed by atoms with Gasteiger partial charge in [0.1, 0.15) is 23.9 Å². The van der Waals surface area contributed by atoms with Crippen molar-refractivity contribution in [1.29, 1.82) is 0 Å². The Hall–Kier alpha value is -5.18. The number of hydrogen-bond acceptors (Lipinski definition) is 7. The lowest BCUT2D eigenvalue weighted by atomic mass is 10.00. The van der Waals surface area contributed by atoms with Gasteiger partial charge in [0.25, 0.3) is 0 Å². The lowest BCUT2D eigenvalue weighted by Gasteiger charge is -2.18. The Morgan fingerprint density at radius 2 is 1.76 bits per heavy atom. The highest BCUT2D eigenvalue weighted by molar-refractivity contribution is 6.31. The van der Waals surface area contributed by atoms with Crippen molar-refractivity contribution in [2.45, 2.75) is 19.0 Å². The Morgan fingerprint density at radius 1 is 0.952 bits per heavy atom. The maximum Gasteiger partial charge on any atom is 0.348 e. The second kappa shape index (κ2) is 11.0. The number of pyridine rings is 1. The molecule has 42 heavy (non-hydrogen) atoms. The van der Waals surface area contributed by atoms with E-state index in [1.807, 2.05) is 0 Å². The molecule has 0 N–H and O–H groups in total. The quantitative estimate of drug-likeness (QED) is 0.143. The molecule has 0 spiro atoms. The Morgan fingerprint density at radius 3 is 2.45 bits per heavy atom. The summed E-state index contributed by atoms with van der Waals surface area (Å²) < 4.78 is 58.1. The van der Waals surface area contributed by atoms with Crippen LogP contribution in [-0.4, -0.2) is 45.0 Å². The Balaban J connectivity index is 1.42. The normalized spacial score (nSPS) is 12.2. The minimum Gasteiger partial charge on any atom is -0.618 e. The molecule has 0 amide bonds. The number of tetrazole rings is 1. The van der Waals surface area contributed by atoms with Crippen molar-refractivity contribution in [3.8, 4) is 28.1 Å². The van der Waals surface area contributed by atoms with Gasteiger partial charge >= 0.3 is 6.55 Å². The van der Waals surface area contributed by atoms with E-state index in [4.69, 9.17) is 11.6 Å². The monoisotopic (exact) mass is 596 g/mol. The van der Waals surface area contributed by atoms with Gasteiger partial charge in [0.05, 0.1) is 34.2 Å². The van der Waals surface area contributed by atoms with Crippen molar-refractivity contribution in [3.63, 3.8) is 0 Å². The van der Waals surface area contributed by atoms with Crippen molar-refractivity contribution < 1.29 is 22.3 Å². The van der Waals surface area contributed by atoms with Gasteiger partial charge < -0.3 is 5.21 Å². The smallest absolute Gasteiger partial charge is 0.348 e. The first kappa shape index (κ1) is 27.0. The highest BCUT2D eigenvalue weighted by atomic mass is 35.5. The van der Waals surface area contributed by atoms with Crippen molar-refractivity contribution in [2.24, 2.45) is 0 Å². The molecule has 1 atom stereocenters. The lowest BCUT2D eigenvalue weighted by molar-refractivity contribution is -0.615. The molecule has 0 saturated heterocycles. The van der Waals surface area contributed by atoms with Crippen LogP contribution in [0.3, 0.4) is 0 Å². The van der Waals surface area contributed by atoms with Crippen LogP contribution in [0.2, 0.25) is 5.02 Å². The number of aromatic nitrogens is 10. The summed E-state index contributed by atoms with van der Waals surface area (Å²) in [4.78, 5) is 0.269. The number of hydrogen-bond donors (Lipinski definition) is 0. The van der Waals surface area contributed by atoms with Gasteiger partial charge in [-0.05, 0) is 46.3 Å². The molecule has 4 aromatic heterocycles. The largest absolute Gasteiger partial charge is 0.618 e. The van der Waals surface area contributed by atoms with Crippen LogP contribution < -0.4 is 4.73 Å². The molecule has 0 aliphatic carbocycles. The van der Waals surface area contributed by atoms with E-state index >= 15 is 4.39 Å². The molecule has 11 nitrogen and oxygen atoms in total. The van der Waals surface area contributed by atoms with Crippen LogP contribution in [0.4, 0.5) is 17.6 Å². The van der Waals surface area contributed by atoms with Crippen LogP contribution >= 0.6 is 11.6 Å². The van der Waals surface area contributed by atoms with Crippen LogP contribution in [0, 0.1) is 16.8 Å². The minimum absolute atomic E-state index is 0.00419. The molecule has 6 aromatic rings. The summed E-state index contributed by atoms with van der Waals surface area (Å²) in [5, 5.41) is 36.0. The topological polar surface area (TPSA) is 119 Å². The molecule has 212 valence electrons. The summed E-state index contributed by atoms with van der Waals surface area (Å²) in [7, 11) is 0. The van der Waals surface area contributed by atoms with Crippen LogP contribution in [-0.2, 0) is 6.42 Å². The number of benzene rings is 2. The van der Waals surface area contributed by atoms with Gasteiger partial charge in [-0.2, -0.15) is 28.4 Å². The molecule has 0 saturated carbocycles. The molecule has 0 fully saturated rings. The molecular formula is C26H17ClF4N10O. The Labute approximate surface area is 238 Å².